The quantitative estimate of drug-likeness (QED) is 0.626. The van der Waals surface area contributed by atoms with Gasteiger partial charge in [0.2, 0.25) is 0 Å². The molecule has 0 aliphatic heterocycles. The van der Waals surface area contributed by atoms with Crippen LogP contribution in [0.25, 0.3) is 0 Å². The third-order valence-corrected chi connectivity index (χ3v) is 2.08. The van der Waals surface area contributed by atoms with Gasteiger partial charge in [-0.2, -0.15) is 0 Å². The van der Waals surface area contributed by atoms with Crippen LogP contribution in [0.15, 0.2) is 12.1 Å². The van der Waals surface area contributed by atoms with Crippen molar-refractivity contribution in [2.45, 2.75) is 20.8 Å². The van der Waals surface area contributed by atoms with Gasteiger partial charge in [-0.1, -0.05) is 0 Å². The first-order valence-corrected chi connectivity index (χ1v) is 3.83. The van der Waals surface area contributed by atoms with Crippen molar-refractivity contribution in [3.05, 3.63) is 28.8 Å². The third kappa shape index (κ3) is 1.64. The maximum Gasteiger partial charge on any atom is 0.298 e. The van der Waals surface area contributed by atoms with Gasteiger partial charge < -0.3 is 4.74 Å². The highest BCUT2D eigenvalue weighted by Crippen LogP contribution is 2.20. The zero-order valence-corrected chi connectivity index (χ0v) is 7.55. The number of rotatable bonds is 2. The predicted molar refractivity (Wildman–Crippen MR) is 47.3 cm³/mol. The van der Waals surface area contributed by atoms with E-state index in [1.807, 2.05) is 26.0 Å². The summed E-state index contributed by atoms with van der Waals surface area (Å²) >= 11 is 0. The van der Waals surface area contributed by atoms with Gasteiger partial charge in [-0.25, -0.2) is 0 Å². The molecule has 1 aromatic carbocycles. The lowest BCUT2D eigenvalue weighted by Crippen LogP contribution is -1.92. The largest absolute Gasteiger partial charge is 0.429 e. The molecule has 0 aliphatic carbocycles. The van der Waals surface area contributed by atoms with Crippen molar-refractivity contribution in [2.24, 2.45) is 0 Å². The highest BCUT2D eigenvalue weighted by molar-refractivity contribution is 5.48. The monoisotopic (exact) mass is 164 g/mol. The second-order valence-corrected chi connectivity index (χ2v) is 2.90. The highest BCUT2D eigenvalue weighted by atomic mass is 16.5. The van der Waals surface area contributed by atoms with Crippen LogP contribution in [0.1, 0.15) is 16.7 Å². The molecule has 0 saturated carbocycles. The second-order valence-electron chi connectivity index (χ2n) is 2.90. The number of benzene rings is 1. The summed E-state index contributed by atoms with van der Waals surface area (Å²) in [5, 5.41) is 0. The van der Waals surface area contributed by atoms with Gasteiger partial charge >= 0.3 is 0 Å². The summed E-state index contributed by atoms with van der Waals surface area (Å²) < 4.78 is 4.74. The Hall–Kier alpha value is -1.31. The number of ether oxygens (including phenoxy) is 1. The summed E-state index contributed by atoms with van der Waals surface area (Å²) in [5.41, 5.74) is 3.53. The van der Waals surface area contributed by atoms with E-state index in [1.165, 1.54) is 5.56 Å². The molecule has 0 atom stereocenters. The van der Waals surface area contributed by atoms with E-state index >= 15 is 0 Å². The lowest BCUT2D eigenvalue weighted by Gasteiger charge is -2.06. The minimum atomic E-state index is 0.448. The van der Waals surface area contributed by atoms with Crippen molar-refractivity contribution in [3.63, 3.8) is 0 Å². The maximum atomic E-state index is 10.1. The Morgan fingerprint density at radius 1 is 1.17 bits per heavy atom. The van der Waals surface area contributed by atoms with E-state index < -0.39 is 0 Å². The summed E-state index contributed by atoms with van der Waals surface area (Å²) in [7, 11) is 0. The molecule has 0 radical (unpaired) electrons. The lowest BCUT2D eigenvalue weighted by molar-refractivity contribution is -0.120. The van der Waals surface area contributed by atoms with Crippen LogP contribution in [0.4, 0.5) is 0 Å². The summed E-state index contributed by atoms with van der Waals surface area (Å²) in [6.07, 6.45) is 0. The van der Waals surface area contributed by atoms with Gasteiger partial charge in [0.25, 0.3) is 6.47 Å². The average molecular weight is 164 g/mol. The number of carbonyl (C=O) groups is 1. The van der Waals surface area contributed by atoms with Gasteiger partial charge in [-0.05, 0) is 49.6 Å². The topological polar surface area (TPSA) is 26.3 Å². The molecule has 64 valence electrons. The smallest absolute Gasteiger partial charge is 0.298 e. The Morgan fingerprint density at radius 3 is 2.08 bits per heavy atom. The normalized spacial score (nSPS) is 9.58. The van der Waals surface area contributed by atoms with Crippen molar-refractivity contribution >= 4 is 6.47 Å². The summed E-state index contributed by atoms with van der Waals surface area (Å²) in [4.78, 5) is 10.1. The Morgan fingerprint density at radius 2 is 1.67 bits per heavy atom. The van der Waals surface area contributed by atoms with Gasteiger partial charge in [0, 0.05) is 0 Å². The molecule has 0 bridgehead atoms. The fourth-order valence-corrected chi connectivity index (χ4v) is 1.12. The highest BCUT2D eigenvalue weighted by Gasteiger charge is 2.00. The number of aryl methyl sites for hydroxylation is 2. The molecule has 0 saturated heterocycles. The molecule has 2 nitrogen and oxygen atoms in total. The molecule has 12 heavy (non-hydrogen) atoms. The zero-order valence-electron chi connectivity index (χ0n) is 7.55. The van der Waals surface area contributed by atoms with E-state index in [2.05, 4.69) is 6.92 Å². The van der Waals surface area contributed by atoms with Crippen molar-refractivity contribution in [2.75, 3.05) is 0 Å². The second kappa shape index (κ2) is 3.39. The Labute approximate surface area is 72.2 Å². The van der Waals surface area contributed by atoms with Crippen LogP contribution in [-0.4, -0.2) is 6.47 Å². The van der Waals surface area contributed by atoms with Crippen LogP contribution in [0.2, 0.25) is 0 Å². The fourth-order valence-electron chi connectivity index (χ4n) is 1.12. The third-order valence-electron chi connectivity index (χ3n) is 2.08. The molecule has 1 rings (SSSR count). The molecular weight excluding hydrogens is 152 g/mol. The molecule has 2 heteroatoms. The molecular formula is C10H12O2. The van der Waals surface area contributed by atoms with Gasteiger partial charge in [0.05, 0.1) is 0 Å². The van der Waals surface area contributed by atoms with Crippen molar-refractivity contribution < 1.29 is 9.53 Å². The minimum absolute atomic E-state index is 0.448. The van der Waals surface area contributed by atoms with Gasteiger partial charge in [-0.15, -0.1) is 0 Å². The van der Waals surface area contributed by atoms with Crippen LogP contribution in [-0.2, 0) is 4.79 Å². The van der Waals surface area contributed by atoms with Gasteiger partial charge in [0.15, 0.2) is 0 Å². The predicted octanol–water partition coefficient (Wildman–Crippen LogP) is 2.15. The Bertz CT molecular complexity index is 280. The standard InChI is InChI=1S/C10H12O2/c1-7-4-10(12-6-11)5-8(2)9(7)3/h4-6H,1-3H3. The molecule has 0 aromatic heterocycles. The molecule has 0 unspecified atom stereocenters. The molecule has 0 spiro atoms. The number of carbonyl (C=O) groups excluding carboxylic acids is 1. The van der Waals surface area contributed by atoms with Crippen LogP contribution in [0, 0.1) is 20.8 Å². The minimum Gasteiger partial charge on any atom is -0.429 e. The number of hydrogen-bond acceptors (Lipinski definition) is 2. The van der Waals surface area contributed by atoms with E-state index in [9.17, 15) is 4.79 Å². The summed E-state index contributed by atoms with van der Waals surface area (Å²) in [6.45, 7) is 6.50. The average Bonchev–Trinajstić information content (AvgIpc) is 2.01. The maximum absolute atomic E-state index is 10.1. The molecule has 0 N–H and O–H groups in total. The lowest BCUT2D eigenvalue weighted by atomic mass is 10.0. The van der Waals surface area contributed by atoms with Crippen LogP contribution >= 0.6 is 0 Å². The van der Waals surface area contributed by atoms with Gasteiger partial charge in [-0.3, -0.25) is 4.79 Å². The Balaban J connectivity index is 3.11. The molecule has 0 heterocycles. The first-order chi connectivity index (χ1) is 5.65. The molecule has 0 amide bonds. The van der Waals surface area contributed by atoms with E-state index in [4.69, 9.17) is 4.74 Å². The SMILES string of the molecule is Cc1cc(OC=O)cc(C)c1C. The molecule has 0 aliphatic rings. The first-order valence-electron chi connectivity index (χ1n) is 3.83. The van der Waals surface area contributed by atoms with Crippen molar-refractivity contribution in [1.29, 1.82) is 0 Å². The number of hydrogen-bond donors (Lipinski definition) is 0. The van der Waals surface area contributed by atoms with Crippen LogP contribution < -0.4 is 4.74 Å². The van der Waals surface area contributed by atoms with E-state index in [-0.39, 0.29) is 0 Å². The molecule has 0 fully saturated rings. The van der Waals surface area contributed by atoms with Gasteiger partial charge in [0.1, 0.15) is 5.75 Å². The molecule has 1 aromatic rings. The summed E-state index contributed by atoms with van der Waals surface area (Å²) in [5.74, 6) is 0.616. The van der Waals surface area contributed by atoms with Crippen LogP contribution in [0.3, 0.4) is 0 Å². The van der Waals surface area contributed by atoms with Crippen molar-refractivity contribution in [3.8, 4) is 5.75 Å². The fraction of sp³-hybridized carbons (Fsp3) is 0.300. The van der Waals surface area contributed by atoms with Crippen LogP contribution in [0.5, 0.6) is 5.75 Å². The van der Waals surface area contributed by atoms with Crippen molar-refractivity contribution in [1.82, 2.24) is 0 Å². The summed E-state index contributed by atoms with van der Waals surface area (Å²) in [6, 6.07) is 3.72. The van der Waals surface area contributed by atoms with E-state index in [0.717, 1.165) is 11.1 Å². The zero-order chi connectivity index (χ0) is 9.14. The first kappa shape index (κ1) is 8.78. The van der Waals surface area contributed by atoms with E-state index in [1.54, 1.807) is 0 Å². The van der Waals surface area contributed by atoms with E-state index in [0.29, 0.717) is 12.2 Å². The Kier molecular flexibility index (Phi) is 2.48.